The Balaban J connectivity index is 2.60. The van der Waals surface area contributed by atoms with Gasteiger partial charge in [0.05, 0.1) is 0 Å². The minimum absolute atomic E-state index is 0.0247. The van der Waals surface area contributed by atoms with Gasteiger partial charge in [-0.2, -0.15) is 0 Å². The minimum Gasteiger partial charge on any atom is -0.344 e. The number of halogens is 1. The third-order valence-electron chi connectivity index (χ3n) is 3.08. The van der Waals surface area contributed by atoms with Crippen molar-refractivity contribution in [3.8, 4) is 0 Å². The van der Waals surface area contributed by atoms with Gasteiger partial charge in [0, 0.05) is 33.1 Å². The molecular weight excluding hydrogens is 228 g/mol. The molecule has 5 heteroatoms. The fourth-order valence-electron chi connectivity index (χ4n) is 2.04. The molecule has 4 nitrogen and oxygen atoms in total. The van der Waals surface area contributed by atoms with Crippen molar-refractivity contribution in [2.45, 2.75) is 32.2 Å². The summed E-state index contributed by atoms with van der Waals surface area (Å²) in [5, 5.41) is 0. The Morgan fingerprint density at radius 3 is 2.69 bits per heavy atom. The van der Waals surface area contributed by atoms with Gasteiger partial charge in [0.2, 0.25) is 11.8 Å². The lowest BCUT2D eigenvalue weighted by Crippen LogP contribution is -2.50. The molecule has 0 bridgehead atoms. The van der Waals surface area contributed by atoms with E-state index in [9.17, 15) is 9.59 Å². The maximum atomic E-state index is 11.6. The monoisotopic (exact) mass is 246 g/mol. The third kappa shape index (κ3) is 3.37. The summed E-state index contributed by atoms with van der Waals surface area (Å²) in [6.45, 7) is 2.91. The summed E-state index contributed by atoms with van der Waals surface area (Å²) in [6, 6.07) is 0.133. The van der Waals surface area contributed by atoms with Gasteiger partial charge in [-0.15, -0.1) is 11.6 Å². The van der Waals surface area contributed by atoms with Crippen LogP contribution >= 0.6 is 11.6 Å². The molecule has 2 amide bonds. The number of hydrogen-bond acceptors (Lipinski definition) is 2. The molecule has 0 aliphatic carbocycles. The van der Waals surface area contributed by atoms with Crippen LogP contribution in [-0.2, 0) is 9.59 Å². The molecule has 0 aromatic carbocycles. The van der Waals surface area contributed by atoms with Gasteiger partial charge in [0.25, 0.3) is 0 Å². The third-order valence-corrected chi connectivity index (χ3v) is 3.31. The summed E-state index contributed by atoms with van der Waals surface area (Å²) in [4.78, 5) is 26.3. The zero-order valence-electron chi connectivity index (χ0n) is 9.91. The van der Waals surface area contributed by atoms with E-state index in [4.69, 9.17) is 11.6 Å². The molecule has 1 aliphatic heterocycles. The number of likely N-dealkylation sites (tertiary alicyclic amines) is 1. The standard InChI is InChI=1S/C11H19ClN2O2/c1-9(15)13(2)8-10-5-3-4-6-14(10)11(16)7-12/h10H,3-8H2,1-2H3/t10-/m1/s1. The number of amides is 2. The van der Waals surface area contributed by atoms with E-state index in [-0.39, 0.29) is 23.7 Å². The van der Waals surface area contributed by atoms with Crippen LogP contribution in [0.25, 0.3) is 0 Å². The van der Waals surface area contributed by atoms with Gasteiger partial charge >= 0.3 is 0 Å². The first kappa shape index (κ1) is 13.3. The Kier molecular flexibility index (Phi) is 5.06. The number of carbonyl (C=O) groups is 2. The molecule has 1 aliphatic rings. The van der Waals surface area contributed by atoms with Crippen molar-refractivity contribution in [3.63, 3.8) is 0 Å². The largest absolute Gasteiger partial charge is 0.344 e. The van der Waals surface area contributed by atoms with Crippen molar-refractivity contribution in [2.24, 2.45) is 0 Å². The molecule has 1 rings (SSSR count). The molecule has 1 atom stereocenters. The highest BCUT2D eigenvalue weighted by Crippen LogP contribution is 2.18. The van der Waals surface area contributed by atoms with Gasteiger partial charge < -0.3 is 9.80 Å². The number of piperidine rings is 1. The van der Waals surface area contributed by atoms with Gasteiger partial charge in [0.15, 0.2) is 0 Å². The van der Waals surface area contributed by atoms with Crippen LogP contribution < -0.4 is 0 Å². The van der Waals surface area contributed by atoms with Crippen LogP contribution in [0, 0.1) is 0 Å². The van der Waals surface area contributed by atoms with E-state index in [1.54, 1.807) is 11.9 Å². The predicted octanol–water partition coefficient (Wildman–Crippen LogP) is 1.08. The van der Waals surface area contributed by atoms with Gasteiger partial charge in [-0.25, -0.2) is 0 Å². The summed E-state index contributed by atoms with van der Waals surface area (Å²) < 4.78 is 0. The number of hydrogen-bond donors (Lipinski definition) is 0. The highest BCUT2D eigenvalue weighted by Gasteiger charge is 2.27. The summed E-state index contributed by atoms with van der Waals surface area (Å²) in [6.07, 6.45) is 3.10. The van der Waals surface area contributed by atoms with E-state index in [2.05, 4.69) is 0 Å². The summed E-state index contributed by atoms with van der Waals surface area (Å²) in [5.74, 6) is 0.0347. The van der Waals surface area contributed by atoms with Crippen molar-refractivity contribution in [2.75, 3.05) is 26.0 Å². The molecule has 0 N–H and O–H groups in total. The Morgan fingerprint density at radius 2 is 2.12 bits per heavy atom. The van der Waals surface area contributed by atoms with Crippen LogP contribution in [-0.4, -0.2) is 53.7 Å². The second kappa shape index (κ2) is 6.09. The lowest BCUT2D eigenvalue weighted by atomic mass is 10.0. The predicted molar refractivity (Wildman–Crippen MR) is 63.4 cm³/mol. The number of likely N-dealkylation sites (N-methyl/N-ethyl adjacent to an activating group) is 1. The first-order chi connectivity index (χ1) is 7.56. The van der Waals surface area contributed by atoms with Crippen molar-refractivity contribution in [1.29, 1.82) is 0 Å². The lowest BCUT2D eigenvalue weighted by molar-refractivity contribution is -0.135. The molecule has 1 heterocycles. The second-order valence-electron chi connectivity index (χ2n) is 4.27. The maximum absolute atomic E-state index is 11.6. The molecule has 16 heavy (non-hydrogen) atoms. The lowest BCUT2D eigenvalue weighted by Gasteiger charge is -2.37. The fourth-order valence-corrected chi connectivity index (χ4v) is 2.19. The van der Waals surface area contributed by atoms with Crippen molar-refractivity contribution < 1.29 is 9.59 Å². The van der Waals surface area contributed by atoms with Crippen molar-refractivity contribution in [3.05, 3.63) is 0 Å². The molecule has 92 valence electrons. The van der Waals surface area contributed by atoms with Crippen LogP contribution in [0.3, 0.4) is 0 Å². The Hall–Kier alpha value is -0.770. The normalized spacial score (nSPS) is 20.7. The van der Waals surface area contributed by atoms with Gasteiger partial charge in [0.1, 0.15) is 5.88 Å². The zero-order valence-corrected chi connectivity index (χ0v) is 10.7. The van der Waals surface area contributed by atoms with E-state index in [1.807, 2.05) is 4.90 Å². The average molecular weight is 247 g/mol. The highest BCUT2D eigenvalue weighted by molar-refractivity contribution is 6.27. The van der Waals surface area contributed by atoms with Crippen LogP contribution in [0.1, 0.15) is 26.2 Å². The topological polar surface area (TPSA) is 40.6 Å². The smallest absolute Gasteiger partial charge is 0.237 e. The van der Waals surface area contributed by atoms with E-state index in [1.165, 1.54) is 6.92 Å². The average Bonchev–Trinajstić information content (AvgIpc) is 2.28. The second-order valence-corrected chi connectivity index (χ2v) is 4.54. The highest BCUT2D eigenvalue weighted by atomic mass is 35.5. The van der Waals surface area contributed by atoms with E-state index in [0.29, 0.717) is 6.54 Å². The molecule has 0 spiro atoms. The zero-order chi connectivity index (χ0) is 12.1. The summed E-state index contributed by atoms with van der Waals surface area (Å²) >= 11 is 5.58. The van der Waals surface area contributed by atoms with E-state index >= 15 is 0 Å². The Labute approximate surface area is 102 Å². The Morgan fingerprint density at radius 1 is 1.44 bits per heavy atom. The van der Waals surface area contributed by atoms with E-state index < -0.39 is 0 Å². The quantitative estimate of drug-likeness (QED) is 0.700. The van der Waals surface area contributed by atoms with Gasteiger partial charge in [-0.1, -0.05) is 0 Å². The minimum atomic E-state index is -0.0247. The molecule has 0 radical (unpaired) electrons. The number of rotatable bonds is 3. The van der Waals surface area contributed by atoms with E-state index in [0.717, 1.165) is 25.8 Å². The first-order valence-electron chi connectivity index (χ1n) is 5.63. The fraction of sp³-hybridized carbons (Fsp3) is 0.818. The molecule has 1 saturated heterocycles. The van der Waals surface area contributed by atoms with Crippen LogP contribution in [0.4, 0.5) is 0 Å². The maximum Gasteiger partial charge on any atom is 0.237 e. The molecular formula is C11H19ClN2O2. The summed E-state index contributed by atoms with van der Waals surface area (Å²) in [5.41, 5.74) is 0. The number of nitrogens with zero attached hydrogens (tertiary/aromatic N) is 2. The van der Waals surface area contributed by atoms with Crippen LogP contribution in [0.5, 0.6) is 0 Å². The molecule has 1 fully saturated rings. The van der Waals surface area contributed by atoms with Crippen molar-refractivity contribution in [1.82, 2.24) is 9.80 Å². The molecule has 0 aromatic rings. The number of carbonyl (C=O) groups excluding carboxylic acids is 2. The van der Waals surface area contributed by atoms with Crippen molar-refractivity contribution >= 4 is 23.4 Å². The number of alkyl halides is 1. The Bertz CT molecular complexity index is 271. The SMILES string of the molecule is CC(=O)N(C)C[C@H]1CCCCN1C(=O)CCl. The van der Waals surface area contributed by atoms with Crippen LogP contribution in [0.15, 0.2) is 0 Å². The molecule has 0 unspecified atom stereocenters. The molecule has 0 aromatic heterocycles. The van der Waals surface area contributed by atoms with Gasteiger partial charge in [-0.3, -0.25) is 9.59 Å². The van der Waals surface area contributed by atoms with Gasteiger partial charge in [-0.05, 0) is 19.3 Å². The summed E-state index contributed by atoms with van der Waals surface area (Å²) in [7, 11) is 1.76. The molecule has 0 saturated carbocycles. The van der Waals surface area contributed by atoms with Crippen LogP contribution in [0.2, 0.25) is 0 Å². The first-order valence-corrected chi connectivity index (χ1v) is 6.17.